The predicted octanol–water partition coefficient (Wildman–Crippen LogP) is 6.49. The van der Waals surface area contributed by atoms with E-state index < -0.39 is 11.4 Å². The number of esters is 1. The van der Waals surface area contributed by atoms with Crippen molar-refractivity contribution >= 4 is 5.97 Å². The minimum atomic E-state index is -0.751. The van der Waals surface area contributed by atoms with Crippen LogP contribution in [0.15, 0.2) is 0 Å². The molecule has 4 aliphatic carbocycles. The number of carbonyl (C=O) groups is 1. The maximum atomic E-state index is 13.4. The molecule has 1 saturated heterocycles. The summed E-state index contributed by atoms with van der Waals surface area (Å²) < 4.78 is 13.6. The molecule has 1 aliphatic heterocycles. The Bertz CT molecular complexity index is 805. The maximum absolute atomic E-state index is 13.4. The van der Waals surface area contributed by atoms with Crippen molar-refractivity contribution in [1.29, 1.82) is 0 Å². The largest absolute Gasteiger partial charge is 0.433 e. The molecule has 0 radical (unpaired) electrons. The van der Waals surface area contributed by atoms with Crippen LogP contribution in [0, 0.1) is 45.8 Å². The third-order valence-corrected chi connectivity index (χ3v) is 12.0. The van der Waals surface area contributed by atoms with Crippen LogP contribution < -0.4 is 0 Å². The van der Waals surface area contributed by atoms with Crippen LogP contribution >= 0.6 is 0 Å². The number of carbonyl (C=O) groups excluding carboxylic acids is 1. The van der Waals surface area contributed by atoms with Crippen LogP contribution in [0.1, 0.15) is 113 Å². The van der Waals surface area contributed by atoms with Crippen LogP contribution in [-0.2, 0) is 14.3 Å². The molecule has 0 unspecified atom stereocenters. The summed E-state index contributed by atoms with van der Waals surface area (Å²) in [6, 6.07) is 0. The van der Waals surface area contributed by atoms with Gasteiger partial charge < -0.3 is 14.6 Å². The van der Waals surface area contributed by atoms with Crippen molar-refractivity contribution in [3.8, 4) is 0 Å². The molecule has 4 heteroatoms. The van der Waals surface area contributed by atoms with Gasteiger partial charge in [-0.25, -0.2) is 0 Å². The SMILES string of the molecule is CC(C)[C@@H]1CC[C@@H](C)C[C@@]12OC(=O)C[C@]1(CC[C@@H]3[C@@]4(C)CC[C@H](O)C(C)(C)[C@@H]4CC[C@]31C)O2. The van der Waals surface area contributed by atoms with Gasteiger partial charge in [-0.3, -0.25) is 4.79 Å². The van der Waals surface area contributed by atoms with Crippen LogP contribution in [0.25, 0.3) is 0 Å². The van der Waals surface area contributed by atoms with Crippen LogP contribution in [0.5, 0.6) is 0 Å². The lowest BCUT2D eigenvalue weighted by atomic mass is 9.42. The molecule has 0 aromatic heterocycles. The fourth-order valence-corrected chi connectivity index (χ4v) is 10.2. The van der Waals surface area contributed by atoms with E-state index in [2.05, 4.69) is 48.5 Å². The smallest absolute Gasteiger partial charge is 0.311 e. The van der Waals surface area contributed by atoms with Crippen LogP contribution in [0.3, 0.4) is 0 Å². The van der Waals surface area contributed by atoms with E-state index in [1.165, 1.54) is 6.42 Å². The van der Waals surface area contributed by atoms with Gasteiger partial charge in [-0.2, -0.15) is 0 Å². The Morgan fingerprint density at radius 1 is 0.939 bits per heavy atom. The molecule has 5 fully saturated rings. The van der Waals surface area contributed by atoms with E-state index in [4.69, 9.17) is 9.47 Å². The number of aliphatic hydroxyl groups excluding tert-OH is 1. The number of fused-ring (bicyclic) bond motifs is 4. The third kappa shape index (κ3) is 3.18. The molecule has 188 valence electrons. The molecular formula is C29H48O4. The fourth-order valence-electron chi connectivity index (χ4n) is 10.2. The highest BCUT2D eigenvalue weighted by Gasteiger charge is 2.72. The van der Waals surface area contributed by atoms with Crippen molar-refractivity contribution in [2.75, 3.05) is 0 Å². The van der Waals surface area contributed by atoms with E-state index in [9.17, 15) is 9.90 Å². The summed E-state index contributed by atoms with van der Waals surface area (Å²) in [5.74, 6) is 1.48. The van der Waals surface area contributed by atoms with E-state index in [0.29, 0.717) is 30.1 Å². The highest BCUT2D eigenvalue weighted by molar-refractivity contribution is 5.72. The average molecular weight is 461 g/mol. The lowest BCUT2D eigenvalue weighted by Gasteiger charge is -2.65. The predicted molar refractivity (Wildman–Crippen MR) is 129 cm³/mol. The summed E-state index contributed by atoms with van der Waals surface area (Å²) in [5.41, 5.74) is -0.301. The maximum Gasteiger partial charge on any atom is 0.311 e. The Morgan fingerprint density at radius 3 is 2.33 bits per heavy atom. The van der Waals surface area contributed by atoms with Crippen molar-refractivity contribution in [2.24, 2.45) is 45.8 Å². The second kappa shape index (κ2) is 7.45. The quantitative estimate of drug-likeness (QED) is 0.454. The second-order valence-electron chi connectivity index (χ2n) is 14.3. The molecule has 4 saturated carbocycles. The minimum absolute atomic E-state index is 0.0225. The molecular weight excluding hydrogens is 412 g/mol. The van der Waals surface area contributed by atoms with E-state index >= 15 is 0 Å². The lowest BCUT2D eigenvalue weighted by Crippen LogP contribution is -2.66. The van der Waals surface area contributed by atoms with Gasteiger partial charge >= 0.3 is 5.97 Å². The lowest BCUT2D eigenvalue weighted by molar-refractivity contribution is -0.365. The highest BCUT2D eigenvalue weighted by Crippen LogP contribution is 2.73. The zero-order chi connectivity index (χ0) is 24.0. The summed E-state index contributed by atoms with van der Waals surface area (Å²) >= 11 is 0. The Hall–Kier alpha value is -0.610. The molecule has 5 aliphatic rings. The first-order chi connectivity index (χ1) is 15.3. The number of hydrogen-bond donors (Lipinski definition) is 1. The summed E-state index contributed by atoms with van der Waals surface area (Å²) in [4.78, 5) is 13.4. The normalized spacial score (nSPS) is 53.7. The van der Waals surface area contributed by atoms with Gasteiger partial charge in [-0.1, -0.05) is 48.5 Å². The molecule has 1 heterocycles. The number of hydrogen-bond acceptors (Lipinski definition) is 4. The van der Waals surface area contributed by atoms with E-state index in [0.717, 1.165) is 51.4 Å². The fraction of sp³-hybridized carbons (Fsp3) is 0.966. The van der Waals surface area contributed by atoms with Gasteiger partial charge in [0.2, 0.25) is 5.79 Å². The Labute approximate surface area is 201 Å². The van der Waals surface area contributed by atoms with Crippen molar-refractivity contribution < 1.29 is 19.4 Å². The van der Waals surface area contributed by atoms with Crippen molar-refractivity contribution in [1.82, 2.24) is 0 Å². The van der Waals surface area contributed by atoms with E-state index in [1.807, 2.05) is 0 Å². The molecule has 9 atom stereocenters. The monoisotopic (exact) mass is 460 g/mol. The van der Waals surface area contributed by atoms with Gasteiger partial charge in [0.05, 0.1) is 18.1 Å². The van der Waals surface area contributed by atoms with Gasteiger partial charge in [0, 0.05) is 17.8 Å². The summed E-state index contributed by atoms with van der Waals surface area (Å²) in [5, 5.41) is 10.9. The standard InChI is InChI=1S/C29H48O4/c1-18(2)20-9-8-19(3)16-29(20)32-24(31)17-28(33-29)15-11-22-26(6)13-12-23(30)25(4,5)21(26)10-14-27(22,28)7/h18-23,30H,8-17H2,1-7H3/t19-,20+,21+,22-,23+,26+,27-,28+,29+/m1/s1. The van der Waals surface area contributed by atoms with Gasteiger partial charge in [-0.05, 0) is 85.9 Å². The molecule has 4 nitrogen and oxygen atoms in total. The second-order valence-corrected chi connectivity index (χ2v) is 14.3. The molecule has 1 N–H and O–H groups in total. The van der Waals surface area contributed by atoms with Crippen LogP contribution in [-0.4, -0.2) is 28.6 Å². The highest BCUT2D eigenvalue weighted by atomic mass is 16.7. The zero-order valence-electron chi connectivity index (χ0n) is 22.2. The van der Waals surface area contributed by atoms with Crippen molar-refractivity contribution in [3.05, 3.63) is 0 Å². The zero-order valence-corrected chi connectivity index (χ0v) is 22.2. The van der Waals surface area contributed by atoms with E-state index in [-0.39, 0.29) is 34.2 Å². The van der Waals surface area contributed by atoms with Gasteiger partial charge in [0.25, 0.3) is 0 Å². The Morgan fingerprint density at radius 2 is 1.64 bits per heavy atom. The number of aliphatic hydroxyl groups is 1. The molecule has 0 aromatic rings. The van der Waals surface area contributed by atoms with E-state index in [1.54, 1.807) is 0 Å². The van der Waals surface area contributed by atoms with Gasteiger partial charge in [0.1, 0.15) is 0 Å². The number of rotatable bonds is 1. The minimum Gasteiger partial charge on any atom is -0.433 e. The topological polar surface area (TPSA) is 55.8 Å². The van der Waals surface area contributed by atoms with Crippen molar-refractivity contribution in [3.63, 3.8) is 0 Å². The van der Waals surface area contributed by atoms with Crippen LogP contribution in [0.2, 0.25) is 0 Å². The summed E-state index contributed by atoms with van der Waals surface area (Å²) in [7, 11) is 0. The van der Waals surface area contributed by atoms with Crippen LogP contribution in [0.4, 0.5) is 0 Å². The molecule has 5 rings (SSSR count). The Kier molecular flexibility index (Phi) is 5.44. The van der Waals surface area contributed by atoms with Crippen molar-refractivity contribution in [2.45, 2.75) is 130 Å². The molecule has 0 bridgehead atoms. The molecule has 0 amide bonds. The van der Waals surface area contributed by atoms with Gasteiger partial charge in [-0.15, -0.1) is 0 Å². The molecule has 33 heavy (non-hydrogen) atoms. The third-order valence-electron chi connectivity index (χ3n) is 12.0. The average Bonchev–Trinajstić information content (AvgIpc) is 2.96. The summed E-state index contributed by atoms with van der Waals surface area (Å²) in [6.45, 7) is 16.3. The first kappa shape index (κ1) is 24.1. The Balaban J connectivity index is 1.53. The molecule has 2 spiro atoms. The first-order valence-electron chi connectivity index (χ1n) is 13.9. The van der Waals surface area contributed by atoms with Gasteiger partial charge in [0.15, 0.2) is 0 Å². The number of ether oxygens (including phenoxy) is 2. The molecule has 0 aromatic carbocycles. The summed E-state index contributed by atoms with van der Waals surface area (Å²) in [6.07, 6.45) is 9.57. The first-order valence-corrected chi connectivity index (χ1v) is 13.9.